The quantitative estimate of drug-likeness (QED) is 0.169. The van der Waals surface area contributed by atoms with Crippen LogP contribution in [-0.4, -0.2) is 98.2 Å². The molecule has 0 N–H and O–H groups in total. The third-order valence-electron chi connectivity index (χ3n) is 9.08. The van der Waals surface area contributed by atoms with Crippen molar-refractivity contribution in [3.05, 3.63) is 118 Å². The Labute approximate surface area is 318 Å². The van der Waals surface area contributed by atoms with Gasteiger partial charge in [-0.25, -0.2) is 45.3 Å². The number of epoxide rings is 2. The lowest BCUT2D eigenvalue weighted by molar-refractivity contribution is 0.135. The van der Waals surface area contributed by atoms with Crippen molar-refractivity contribution in [2.75, 3.05) is 39.4 Å². The van der Waals surface area contributed by atoms with E-state index in [4.69, 9.17) is 55.3 Å². The van der Waals surface area contributed by atoms with Crippen molar-refractivity contribution in [3.8, 4) is 11.5 Å². The Morgan fingerprint density at radius 3 is 1.39 bits per heavy atom. The summed E-state index contributed by atoms with van der Waals surface area (Å²) in [5.74, 6) is -0.963. The molecule has 4 aliphatic rings. The number of aromatic nitrogens is 2. The fourth-order valence-electron chi connectivity index (χ4n) is 5.95. The van der Waals surface area contributed by atoms with Crippen LogP contribution in [0.4, 0.5) is 20.2 Å². The molecule has 0 saturated carbocycles. The van der Waals surface area contributed by atoms with Crippen LogP contribution in [0.15, 0.2) is 83.1 Å². The number of benzene rings is 2. The number of rotatable bonds is 8. The maximum absolute atomic E-state index is 13.8. The van der Waals surface area contributed by atoms with Crippen molar-refractivity contribution in [2.45, 2.75) is 33.5 Å². The lowest BCUT2D eigenvalue weighted by Crippen LogP contribution is -2.33. The predicted octanol–water partition coefficient (Wildman–Crippen LogP) is 5.29. The van der Waals surface area contributed by atoms with Crippen LogP contribution in [0, 0.1) is 24.8 Å². The van der Waals surface area contributed by atoms with E-state index in [1.807, 2.05) is 0 Å². The first-order valence-electron chi connectivity index (χ1n) is 15.9. The highest BCUT2D eigenvalue weighted by Gasteiger charge is 2.62. The molecular formula is C34H26Cl2F2N6O8S2. The van der Waals surface area contributed by atoms with E-state index in [0.29, 0.717) is 23.3 Å². The highest BCUT2D eigenvalue weighted by molar-refractivity contribution is 7.89. The Kier molecular flexibility index (Phi) is 10.0. The van der Waals surface area contributed by atoms with E-state index < -0.39 is 55.1 Å². The van der Waals surface area contributed by atoms with Crippen molar-refractivity contribution >= 4 is 54.6 Å². The maximum Gasteiger partial charge on any atom is 0.260 e. The highest BCUT2D eigenvalue weighted by atomic mass is 35.5. The van der Waals surface area contributed by atoms with Gasteiger partial charge in [-0.05, 0) is 48.5 Å². The van der Waals surface area contributed by atoms with Gasteiger partial charge < -0.3 is 18.9 Å². The lowest BCUT2D eigenvalue weighted by atomic mass is 10.1. The largest absolute Gasteiger partial charge is 0.486 e. The zero-order valence-corrected chi connectivity index (χ0v) is 30.7. The number of sulfonamides is 2. The van der Waals surface area contributed by atoms with Gasteiger partial charge in [-0.15, -0.1) is 0 Å². The number of ether oxygens (including phenoxy) is 4. The first kappa shape index (κ1) is 37.8. The average Bonchev–Trinajstić information content (AvgIpc) is 4.03. The standard InChI is InChI=1S/2C17H13ClFN3O4S/c2*1-20-14-4-3-12(6-13(14)19)26-15-8-22(9-17(15)10-25-17)27(23,24)16-5-2-11(18)7-21-16/h2*2-7,15H,8-10H2/t15-,17+;15-,17-/m00/s1. The van der Waals surface area contributed by atoms with Gasteiger partial charge in [-0.3, -0.25) is 0 Å². The second-order valence-electron chi connectivity index (χ2n) is 12.6. The van der Waals surface area contributed by atoms with Gasteiger partial charge in [0.15, 0.2) is 10.1 Å². The molecular weight excluding hydrogens is 793 g/mol. The van der Waals surface area contributed by atoms with Gasteiger partial charge in [0.25, 0.3) is 20.0 Å². The molecule has 2 aromatic carbocycles. The van der Waals surface area contributed by atoms with Gasteiger partial charge in [0.2, 0.25) is 11.4 Å². The van der Waals surface area contributed by atoms with Crippen LogP contribution in [0.25, 0.3) is 9.69 Å². The lowest BCUT2D eigenvalue weighted by Gasteiger charge is -2.17. The summed E-state index contributed by atoms with van der Waals surface area (Å²) < 4.78 is 104. The molecule has 4 fully saturated rings. The minimum atomic E-state index is -3.84. The number of halogens is 4. The summed E-state index contributed by atoms with van der Waals surface area (Å²) in [6.07, 6.45) is 1.34. The van der Waals surface area contributed by atoms with E-state index in [-0.39, 0.29) is 59.1 Å². The molecule has 20 heteroatoms. The van der Waals surface area contributed by atoms with Crippen molar-refractivity contribution in [3.63, 3.8) is 0 Å². The van der Waals surface area contributed by atoms with Gasteiger partial charge in [0.1, 0.15) is 46.5 Å². The smallest absolute Gasteiger partial charge is 0.260 e. The van der Waals surface area contributed by atoms with Crippen molar-refractivity contribution in [1.29, 1.82) is 0 Å². The molecule has 4 aliphatic heterocycles. The first-order valence-corrected chi connectivity index (χ1v) is 19.5. The summed E-state index contributed by atoms with van der Waals surface area (Å²) in [4.78, 5) is 13.9. The Bertz CT molecular complexity index is 2240. The van der Waals surface area contributed by atoms with Crippen LogP contribution in [0.5, 0.6) is 11.5 Å². The van der Waals surface area contributed by atoms with E-state index in [1.165, 1.54) is 69.5 Å². The molecule has 4 saturated heterocycles. The van der Waals surface area contributed by atoms with Crippen LogP contribution in [0.2, 0.25) is 10.0 Å². The van der Waals surface area contributed by atoms with Crippen LogP contribution >= 0.6 is 23.2 Å². The molecule has 0 bridgehead atoms. The number of nitrogens with zero attached hydrogens (tertiary/aromatic N) is 6. The highest BCUT2D eigenvalue weighted by Crippen LogP contribution is 2.43. The van der Waals surface area contributed by atoms with Crippen molar-refractivity contribution in [1.82, 2.24) is 18.6 Å². The van der Waals surface area contributed by atoms with E-state index in [1.54, 1.807) is 0 Å². The molecule has 0 unspecified atom stereocenters. The number of hydrogen-bond acceptors (Lipinski definition) is 10. The molecule has 2 spiro atoms. The maximum atomic E-state index is 13.8. The van der Waals surface area contributed by atoms with Crippen molar-refractivity contribution in [2.24, 2.45) is 0 Å². The molecule has 4 atom stereocenters. The van der Waals surface area contributed by atoms with E-state index >= 15 is 0 Å². The second kappa shape index (κ2) is 14.3. The van der Waals surface area contributed by atoms with Crippen LogP contribution in [0.1, 0.15) is 0 Å². The first-order chi connectivity index (χ1) is 25.7. The zero-order chi connectivity index (χ0) is 38.5. The average molecular weight is 820 g/mol. The van der Waals surface area contributed by atoms with Crippen LogP contribution in [-0.2, 0) is 29.5 Å². The number of hydrogen-bond donors (Lipinski definition) is 0. The van der Waals surface area contributed by atoms with Gasteiger partial charge in [0.05, 0.1) is 49.5 Å². The van der Waals surface area contributed by atoms with Crippen LogP contribution in [0.3, 0.4) is 0 Å². The molecule has 8 rings (SSSR count). The minimum Gasteiger partial charge on any atom is -0.486 e. The predicted molar refractivity (Wildman–Crippen MR) is 188 cm³/mol. The Morgan fingerprint density at radius 1 is 0.704 bits per heavy atom. The monoisotopic (exact) mass is 818 g/mol. The molecule has 6 heterocycles. The fraction of sp³-hybridized carbons (Fsp3) is 0.294. The number of pyridine rings is 2. The molecule has 0 aliphatic carbocycles. The Balaban J connectivity index is 0.000000167. The van der Waals surface area contributed by atoms with Gasteiger partial charge >= 0.3 is 0 Å². The summed E-state index contributed by atoms with van der Waals surface area (Å²) in [7, 11) is -7.68. The third-order valence-corrected chi connectivity index (χ3v) is 13.0. The molecule has 0 amide bonds. The van der Waals surface area contributed by atoms with Crippen LogP contribution < -0.4 is 9.47 Å². The fourth-order valence-corrected chi connectivity index (χ4v) is 9.00. The summed E-state index contributed by atoms with van der Waals surface area (Å²) >= 11 is 11.5. The molecule has 280 valence electrons. The Hall–Kier alpha value is -4.50. The van der Waals surface area contributed by atoms with E-state index in [0.717, 1.165) is 12.1 Å². The molecule has 0 radical (unpaired) electrons. The third kappa shape index (κ3) is 7.44. The topological polar surface area (TPSA) is 153 Å². The van der Waals surface area contributed by atoms with Crippen molar-refractivity contribution < 1.29 is 44.6 Å². The van der Waals surface area contributed by atoms with Gasteiger partial charge in [0, 0.05) is 37.6 Å². The molecule has 4 aromatic rings. The van der Waals surface area contributed by atoms with E-state index in [9.17, 15) is 25.6 Å². The summed E-state index contributed by atoms with van der Waals surface area (Å²) in [6.45, 7) is 14.8. The van der Waals surface area contributed by atoms with E-state index in [2.05, 4.69) is 19.7 Å². The summed E-state index contributed by atoms with van der Waals surface area (Å²) in [6, 6.07) is 13.4. The molecule has 2 aromatic heterocycles. The molecule has 54 heavy (non-hydrogen) atoms. The summed E-state index contributed by atoms with van der Waals surface area (Å²) in [5, 5.41) is 0.443. The summed E-state index contributed by atoms with van der Waals surface area (Å²) in [5.41, 5.74) is -1.73. The Morgan fingerprint density at radius 2 is 1.09 bits per heavy atom. The minimum absolute atomic E-state index is 0.0405. The molecule has 14 nitrogen and oxygen atoms in total. The zero-order valence-electron chi connectivity index (χ0n) is 27.6. The SMILES string of the molecule is [C-]#[N+]c1ccc(O[C@H]2CN(S(=O)(=O)c3ccc(Cl)cn3)C[C@@]23CO3)cc1F.[C-]#[N+]c1ccc(O[C@H]2CN(S(=O)(=O)c3ccc(Cl)cn3)C[C@]23CO3)cc1F. The van der Waals surface area contributed by atoms with Gasteiger partial charge in [-0.2, -0.15) is 8.61 Å². The second-order valence-corrected chi connectivity index (χ2v) is 17.2. The normalized spacial score (nSPS) is 24.7. The van der Waals surface area contributed by atoms with Gasteiger partial charge in [-0.1, -0.05) is 23.2 Å².